The van der Waals surface area contributed by atoms with Crippen molar-refractivity contribution in [2.24, 2.45) is 11.8 Å². The molecule has 0 aromatic carbocycles. The molecule has 2 fully saturated rings. The molecule has 2 saturated heterocycles. The number of fused-ring (bicyclic) bond motifs is 2. The van der Waals surface area contributed by atoms with Gasteiger partial charge < -0.3 is 24.5 Å². The summed E-state index contributed by atoms with van der Waals surface area (Å²) in [5, 5.41) is 9.43. The SMILES string of the molecule is CCCCN1CC=C[C@]23O[C@@]4(CC)C=CCN(C)C(=O)[C@H]4[C@H]2C(=O)N(CCCO)C3C1=O. The third-order valence-electron chi connectivity index (χ3n) is 7.56. The van der Waals surface area contributed by atoms with Crippen molar-refractivity contribution in [1.82, 2.24) is 14.7 Å². The van der Waals surface area contributed by atoms with Crippen LogP contribution in [0.15, 0.2) is 24.3 Å². The standard InChI is InChI=1S/C24H35N3O5/c1-4-6-13-26-14-8-11-24-18(21(30)27(15-9-16-28)19(24)22(26)31)17-20(29)25(3)12-7-10-23(17,5-2)32-24/h7-8,10-11,17-19,28H,4-6,9,12-16H2,1-3H3/t17-,18+,19?,23+,24+/m1/s1. The zero-order valence-electron chi connectivity index (χ0n) is 19.3. The van der Waals surface area contributed by atoms with Gasteiger partial charge in [0.2, 0.25) is 17.7 Å². The van der Waals surface area contributed by atoms with Crippen LogP contribution in [0.25, 0.3) is 0 Å². The molecule has 0 aromatic heterocycles. The van der Waals surface area contributed by atoms with Crippen LogP contribution in [0.1, 0.15) is 39.5 Å². The van der Waals surface area contributed by atoms with Gasteiger partial charge in [0.15, 0.2) is 0 Å². The fourth-order valence-electron chi connectivity index (χ4n) is 5.96. The summed E-state index contributed by atoms with van der Waals surface area (Å²) in [6.07, 6.45) is 10.4. The number of likely N-dealkylation sites (N-methyl/N-ethyl adjacent to an activating group) is 1. The van der Waals surface area contributed by atoms with Gasteiger partial charge in [-0.1, -0.05) is 44.6 Å². The van der Waals surface area contributed by atoms with Crippen LogP contribution in [0.4, 0.5) is 0 Å². The Morgan fingerprint density at radius 3 is 2.44 bits per heavy atom. The molecule has 4 rings (SSSR count). The summed E-state index contributed by atoms with van der Waals surface area (Å²) < 4.78 is 6.81. The van der Waals surface area contributed by atoms with Crippen LogP contribution in [0.2, 0.25) is 0 Å². The number of unbranched alkanes of at least 4 members (excludes halogenated alkanes) is 1. The van der Waals surface area contributed by atoms with E-state index in [-0.39, 0.29) is 30.9 Å². The molecule has 8 heteroatoms. The molecule has 1 unspecified atom stereocenters. The van der Waals surface area contributed by atoms with Crippen molar-refractivity contribution in [3.8, 4) is 0 Å². The normalized spacial score (nSPS) is 36.3. The number of hydrogen-bond acceptors (Lipinski definition) is 5. The molecule has 176 valence electrons. The Morgan fingerprint density at radius 1 is 1.00 bits per heavy atom. The molecular weight excluding hydrogens is 410 g/mol. The van der Waals surface area contributed by atoms with E-state index in [0.717, 1.165) is 12.8 Å². The second-order valence-corrected chi connectivity index (χ2v) is 9.39. The van der Waals surface area contributed by atoms with E-state index in [1.807, 2.05) is 31.2 Å². The number of amides is 3. The monoisotopic (exact) mass is 445 g/mol. The van der Waals surface area contributed by atoms with E-state index in [9.17, 15) is 19.5 Å². The van der Waals surface area contributed by atoms with Gasteiger partial charge in [0.05, 0.1) is 17.4 Å². The Bertz CT molecular complexity index is 841. The van der Waals surface area contributed by atoms with Gasteiger partial charge in [-0.25, -0.2) is 0 Å². The summed E-state index contributed by atoms with van der Waals surface area (Å²) >= 11 is 0. The Labute approximate surface area is 189 Å². The minimum absolute atomic E-state index is 0.0780. The largest absolute Gasteiger partial charge is 0.396 e. The molecule has 8 nitrogen and oxygen atoms in total. The van der Waals surface area contributed by atoms with Crippen LogP contribution < -0.4 is 0 Å². The summed E-state index contributed by atoms with van der Waals surface area (Å²) in [6, 6.07) is -0.830. The second kappa shape index (κ2) is 8.63. The van der Waals surface area contributed by atoms with E-state index in [2.05, 4.69) is 6.92 Å². The molecule has 4 aliphatic rings. The zero-order chi connectivity index (χ0) is 23.1. The number of rotatable bonds is 7. The van der Waals surface area contributed by atoms with E-state index < -0.39 is 29.1 Å². The first-order chi connectivity index (χ1) is 15.4. The highest BCUT2D eigenvalue weighted by Gasteiger charge is 2.75. The fourth-order valence-corrected chi connectivity index (χ4v) is 5.96. The van der Waals surface area contributed by atoms with E-state index >= 15 is 0 Å². The molecule has 0 radical (unpaired) electrons. The molecule has 0 saturated carbocycles. The lowest BCUT2D eigenvalue weighted by Gasteiger charge is -2.38. The third kappa shape index (κ3) is 3.22. The summed E-state index contributed by atoms with van der Waals surface area (Å²) in [5.41, 5.74) is -2.11. The number of nitrogens with zero attached hydrogens (tertiary/aromatic N) is 3. The van der Waals surface area contributed by atoms with Gasteiger partial charge in [-0.2, -0.15) is 0 Å². The van der Waals surface area contributed by atoms with Gasteiger partial charge >= 0.3 is 0 Å². The van der Waals surface area contributed by atoms with Crippen LogP contribution in [-0.2, 0) is 19.1 Å². The molecule has 3 amide bonds. The average Bonchev–Trinajstić information content (AvgIpc) is 3.08. The van der Waals surface area contributed by atoms with Gasteiger partial charge in [0.25, 0.3) is 0 Å². The molecule has 5 atom stereocenters. The van der Waals surface area contributed by atoms with Crippen molar-refractivity contribution in [2.45, 2.75) is 56.8 Å². The third-order valence-corrected chi connectivity index (χ3v) is 7.56. The second-order valence-electron chi connectivity index (χ2n) is 9.39. The van der Waals surface area contributed by atoms with Gasteiger partial charge in [0.1, 0.15) is 11.6 Å². The number of hydrogen-bond donors (Lipinski definition) is 1. The Kier molecular flexibility index (Phi) is 6.20. The molecule has 0 aliphatic carbocycles. The highest BCUT2D eigenvalue weighted by atomic mass is 16.5. The summed E-state index contributed by atoms with van der Waals surface area (Å²) in [7, 11) is 1.74. The first-order valence-electron chi connectivity index (χ1n) is 11.9. The number of carbonyl (C=O) groups is 3. The van der Waals surface area contributed by atoms with E-state index in [4.69, 9.17) is 4.74 Å². The Balaban J connectivity index is 1.85. The summed E-state index contributed by atoms with van der Waals surface area (Å²) in [4.78, 5) is 46.2. The minimum atomic E-state index is -1.19. The maximum absolute atomic E-state index is 13.9. The molecular formula is C24H35N3O5. The molecule has 32 heavy (non-hydrogen) atoms. The van der Waals surface area contributed by atoms with Crippen molar-refractivity contribution in [3.05, 3.63) is 24.3 Å². The van der Waals surface area contributed by atoms with Crippen molar-refractivity contribution in [2.75, 3.05) is 39.8 Å². The van der Waals surface area contributed by atoms with Crippen LogP contribution >= 0.6 is 0 Å². The molecule has 1 N–H and O–H groups in total. The maximum atomic E-state index is 13.9. The Hall–Kier alpha value is -2.19. The smallest absolute Gasteiger partial charge is 0.249 e. The maximum Gasteiger partial charge on any atom is 0.249 e. The van der Waals surface area contributed by atoms with Crippen LogP contribution in [0.5, 0.6) is 0 Å². The summed E-state index contributed by atoms with van der Waals surface area (Å²) in [5.74, 6) is -1.94. The van der Waals surface area contributed by atoms with Crippen molar-refractivity contribution < 1.29 is 24.2 Å². The van der Waals surface area contributed by atoms with Gasteiger partial charge in [0, 0.05) is 39.8 Å². The first kappa shape index (κ1) is 23.0. The Morgan fingerprint density at radius 2 is 1.75 bits per heavy atom. The van der Waals surface area contributed by atoms with Gasteiger partial charge in [-0.15, -0.1) is 0 Å². The number of aliphatic hydroxyl groups is 1. The molecule has 4 aliphatic heterocycles. The van der Waals surface area contributed by atoms with E-state index in [0.29, 0.717) is 32.5 Å². The van der Waals surface area contributed by atoms with Crippen LogP contribution in [-0.4, -0.2) is 94.6 Å². The zero-order valence-corrected chi connectivity index (χ0v) is 19.3. The van der Waals surface area contributed by atoms with Crippen LogP contribution in [0, 0.1) is 11.8 Å². The molecule has 1 spiro atoms. The fraction of sp³-hybridized carbons (Fsp3) is 0.708. The van der Waals surface area contributed by atoms with Gasteiger partial charge in [-0.3, -0.25) is 14.4 Å². The number of aliphatic hydroxyl groups excluding tert-OH is 1. The average molecular weight is 446 g/mol. The van der Waals surface area contributed by atoms with E-state index in [1.165, 1.54) is 0 Å². The molecule has 0 aromatic rings. The van der Waals surface area contributed by atoms with E-state index in [1.54, 1.807) is 21.7 Å². The summed E-state index contributed by atoms with van der Waals surface area (Å²) in [6.45, 7) is 5.76. The quantitative estimate of drug-likeness (QED) is 0.590. The lowest BCUT2D eigenvalue weighted by atomic mass is 9.73. The van der Waals surface area contributed by atoms with Gasteiger partial charge in [-0.05, 0) is 19.3 Å². The predicted octanol–water partition coefficient (Wildman–Crippen LogP) is 0.957. The lowest BCUT2D eigenvalue weighted by Crippen LogP contribution is -2.56. The first-order valence-corrected chi connectivity index (χ1v) is 11.9. The van der Waals surface area contributed by atoms with Crippen molar-refractivity contribution in [3.63, 3.8) is 0 Å². The van der Waals surface area contributed by atoms with Crippen molar-refractivity contribution >= 4 is 17.7 Å². The number of ether oxygens (including phenoxy) is 1. The topological polar surface area (TPSA) is 90.4 Å². The van der Waals surface area contributed by atoms with Crippen LogP contribution in [0.3, 0.4) is 0 Å². The molecule has 4 heterocycles. The highest BCUT2D eigenvalue weighted by molar-refractivity contribution is 6.00. The lowest BCUT2D eigenvalue weighted by molar-refractivity contribution is -0.154. The predicted molar refractivity (Wildman–Crippen MR) is 118 cm³/mol. The highest BCUT2D eigenvalue weighted by Crippen LogP contribution is 2.58. The molecule has 0 bridgehead atoms. The number of likely N-dealkylation sites (tertiary alicyclic amines) is 1. The van der Waals surface area contributed by atoms with Crippen molar-refractivity contribution in [1.29, 1.82) is 0 Å². The minimum Gasteiger partial charge on any atom is -0.396 e. The number of carbonyl (C=O) groups excluding carboxylic acids is 3.